The minimum absolute atomic E-state index is 1.17. The van der Waals surface area contributed by atoms with E-state index < -0.39 is 0 Å². The lowest BCUT2D eigenvalue weighted by molar-refractivity contribution is -0.697. The van der Waals surface area contributed by atoms with Crippen LogP contribution in [0.4, 0.5) is 0 Å². The smallest absolute Gasteiger partial charge is 0.171 e. The number of pyridine rings is 2. The van der Waals surface area contributed by atoms with Gasteiger partial charge in [0.05, 0.1) is 0 Å². The number of hydrogen-bond donors (Lipinski definition) is 0. The van der Waals surface area contributed by atoms with Crippen LogP contribution >= 0.6 is 0 Å². The number of aromatic nitrogens is 2. The summed E-state index contributed by atoms with van der Waals surface area (Å²) in [5, 5.41) is 0. The maximum absolute atomic E-state index is 2.43. The molecular formula is C36H62N2+2. The summed E-state index contributed by atoms with van der Waals surface area (Å²) in [6.07, 6.45) is 41.3. The van der Waals surface area contributed by atoms with Gasteiger partial charge < -0.3 is 0 Å². The fraction of sp³-hybridized carbons (Fsp3) is 0.722. The van der Waals surface area contributed by atoms with Crippen LogP contribution in [0.3, 0.4) is 0 Å². The van der Waals surface area contributed by atoms with E-state index in [-0.39, 0.29) is 0 Å². The molecule has 0 atom stereocenters. The second-order valence-electron chi connectivity index (χ2n) is 11.7. The van der Waals surface area contributed by atoms with Crippen molar-refractivity contribution in [2.45, 2.75) is 168 Å². The van der Waals surface area contributed by atoms with Crippen molar-refractivity contribution in [1.82, 2.24) is 0 Å². The molecule has 2 nitrogen and oxygen atoms in total. The number of nitrogens with zero attached hydrogens (tertiary/aromatic N) is 2. The van der Waals surface area contributed by atoms with E-state index in [0.29, 0.717) is 0 Å². The van der Waals surface area contributed by atoms with Crippen molar-refractivity contribution in [2.24, 2.45) is 0 Å². The maximum atomic E-state index is 2.43. The summed E-state index contributed by atoms with van der Waals surface area (Å²) in [5.41, 5.74) is 1.53. The molecule has 0 saturated heterocycles. The third kappa shape index (κ3) is 18.5. The molecule has 0 bridgehead atoms. The predicted octanol–water partition coefficient (Wildman–Crippen LogP) is 10.1. The van der Waals surface area contributed by atoms with E-state index in [1.807, 2.05) is 0 Å². The largest absolute Gasteiger partial charge is 0.205 e. The molecule has 0 amide bonds. The number of hydrogen-bond acceptors (Lipinski definition) is 0. The van der Waals surface area contributed by atoms with Crippen molar-refractivity contribution in [2.75, 3.05) is 0 Å². The summed E-state index contributed by atoms with van der Waals surface area (Å²) in [5.74, 6) is 0. The highest BCUT2D eigenvalue weighted by Gasteiger charge is 2.03. The van der Waals surface area contributed by atoms with Crippen molar-refractivity contribution in [3.05, 3.63) is 60.7 Å². The molecule has 0 aliphatic heterocycles. The number of aryl methyl sites for hydroxylation is 3. The molecule has 2 rings (SSSR count). The van der Waals surface area contributed by atoms with Gasteiger partial charge in [-0.05, 0) is 31.7 Å². The van der Waals surface area contributed by atoms with Crippen LogP contribution in [0.2, 0.25) is 0 Å². The van der Waals surface area contributed by atoms with Crippen LogP contribution in [0.15, 0.2) is 55.1 Å². The van der Waals surface area contributed by atoms with Gasteiger partial charge >= 0.3 is 0 Å². The SMILES string of the molecule is CCCCCCCCCC[n+]1cccc(CCCCCCCCCCCCCCCC[n+]2ccccc2)c1. The zero-order chi connectivity index (χ0) is 26.8. The average Bonchev–Trinajstić information content (AvgIpc) is 2.95. The second kappa shape index (κ2) is 24.3. The first-order valence-electron chi connectivity index (χ1n) is 16.8. The second-order valence-corrected chi connectivity index (χ2v) is 11.7. The molecule has 0 N–H and O–H groups in total. The average molecular weight is 523 g/mol. The van der Waals surface area contributed by atoms with Crippen molar-refractivity contribution in [3.63, 3.8) is 0 Å². The van der Waals surface area contributed by atoms with Gasteiger partial charge in [0.2, 0.25) is 0 Å². The summed E-state index contributed by atoms with van der Waals surface area (Å²) in [4.78, 5) is 0. The predicted molar refractivity (Wildman–Crippen MR) is 164 cm³/mol. The molecule has 38 heavy (non-hydrogen) atoms. The molecule has 2 heterocycles. The fourth-order valence-corrected chi connectivity index (χ4v) is 5.62. The Labute approximate surface area is 237 Å². The van der Waals surface area contributed by atoms with Crippen molar-refractivity contribution in [1.29, 1.82) is 0 Å². The Balaban J connectivity index is 1.31. The van der Waals surface area contributed by atoms with Crippen LogP contribution in [0.1, 0.15) is 154 Å². The first-order chi connectivity index (χ1) is 18.9. The number of unbranched alkanes of at least 4 members (excludes halogenated alkanes) is 20. The van der Waals surface area contributed by atoms with Gasteiger partial charge in [-0.3, -0.25) is 0 Å². The van der Waals surface area contributed by atoms with E-state index in [1.54, 1.807) is 0 Å². The number of rotatable bonds is 26. The molecule has 0 fully saturated rings. The van der Waals surface area contributed by atoms with Gasteiger partial charge in [0.15, 0.2) is 24.8 Å². The minimum atomic E-state index is 1.17. The van der Waals surface area contributed by atoms with E-state index in [0.717, 1.165) is 0 Å². The van der Waals surface area contributed by atoms with Crippen molar-refractivity contribution < 1.29 is 9.13 Å². The van der Waals surface area contributed by atoms with Gasteiger partial charge in [0.1, 0.15) is 13.1 Å². The lowest BCUT2D eigenvalue weighted by Gasteiger charge is -2.04. The van der Waals surface area contributed by atoms with Gasteiger partial charge in [-0.25, -0.2) is 9.13 Å². The zero-order valence-electron chi connectivity index (χ0n) is 25.3. The van der Waals surface area contributed by atoms with Crippen LogP contribution in [-0.2, 0) is 19.5 Å². The van der Waals surface area contributed by atoms with E-state index in [4.69, 9.17) is 0 Å². The lowest BCUT2D eigenvalue weighted by Crippen LogP contribution is -2.33. The lowest BCUT2D eigenvalue weighted by atomic mass is 10.0. The topological polar surface area (TPSA) is 7.76 Å². The van der Waals surface area contributed by atoms with Crippen molar-refractivity contribution in [3.8, 4) is 0 Å². The van der Waals surface area contributed by atoms with E-state index in [2.05, 4.69) is 71.2 Å². The van der Waals surface area contributed by atoms with Gasteiger partial charge in [-0.1, -0.05) is 122 Å². The molecule has 2 aromatic heterocycles. The Morgan fingerprint density at radius 3 is 1.37 bits per heavy atom. The van der Waals surface area contributed by atoms with Gasteiger partial charge in [0.25, 0.3) is 0 Å². The molecule has 214 valence electrons. The highest BCUT2D eigenvalue weighted by Crippen LogP contribution is 2.14. The normalized spacial score (nSPS) is 11.3. The fourth-order valence-electron chi connectivity index (χ4n) is 5.62. The highest BCUT2D eigenvalue weighted by atomic mass is 14.9. The molecule has 0 aliphatic rings. The molecule has 0 spiro atoms. The van der Waals surface area contributed by atoms with Crippen LogP contribution < -0.4 is 9.13 Å². The molecule has 2 aromatic rings. The first-order valence-corrected chi connectivity index (χ1v) is 16.8. The van der Waals surface area contributed by atoms with Crippen LogP contribution in [-0.4, -0.2) is 0 Å². The van der Waals surface area contributed by atoms with Crippen LogP contribution in [0, 0.1) is 0 Å². The minimum Gasteiger partial charge on any atom is -0.205 e. The molecule has 0 aromatic carbocycles. The summed E-state index contributed by atoms with van der Waals surface area (Å²) < 4.78 is 4.73. The molecule has 0 aliphatic carbocycles. The highest BCUT2D eigenvalue weighted by molar-refractivity contribution is 5.05. The van der Waals surface area contributed by atoms with Gasteiger partial charge in [0, 0.05) is 36.6 Å². The summed E-state index contributed by atoms with van der Waals surface area (Å²) in [6.45, 7) is 4.66. The summed E-state index contributed by atoms with van der Waals surface area (Å²) in [7, 11) is 0. The standard InChI is InChI=1S/C36H62N2/c1-2-3-4-5-6-16-20-24-33-38-34-27-29-36(35-38)28-22-18-15-13-11-9-7-8-10-12-14-17-19-23-30-37-31-25-21-26-32-37/h21,25-27,29,31-32,34-35H,2-20,22-24,28,30,33H2,1H3/q+2. The van der Waals surface area contributed by atoms with E-state index in [9.17, 15) is 0 Å². The van der Waals surface area contributed by atoms with Crippen molar-refractivity contribution >= 4 is 0 Å². The van der Waals surface area contributed by atoms with Gasteiger partial charge in [-0.15, -0.1) is 0 Å². The summed E-state index contributed by atoms with van der Waals surface area (Å²) in [6, 6.07) is 10.9. The van der Waals surface area contributed by atoms with E-state index in [1.165, 1.54) is 166 Å². The molecular weight excluding hydrogens is 460 g/mol. The summed E-state index contributed by atoms with van der Waals surface area (Å²) >= 11 is 0. The Kier molecular flexibility index (Phi) is 20.8. The molecule has 0 saturated carbocycles. The zero-order valence-corrected chi connectivity index (χ0v) is 25.3. The Bertz CT molecular complexity index is 757. The monoisotopic (exact) mass is 522 g/mol. The van der Waals surface area contributed by atoms with E-state index >= 15 is 0 Å². The van der Waals surface area contributed by atoms with Gasteiger partial charge in [-0.2, -0.15) is 0 Å². The van der Waals surface area contributed by atoms with Crippen LogP contribution in [0.5, 0.6) is 0 Å². The third-order valence-corrected chi connectivity index (χ3v) is 8.10. The van der Waals surface area contributed by atoms with Crippen LogP contribution in [0.25, 0.3) is 0 Å². The maximum Gasteiger partial charge on any atom is 0.171 e. The third-order valence-electron chi connectivity index (χ3n) is 8.10. The molecule has 0 unspecified atom stereocenters. The Hall–Kier alpha value is -1.70. The molecule has 2 heteroatoms. The quantitative estimate of drug-likeness (QED) is 0.0857. The Morgan fingerprint density at radius 2 is 0.842 bits per heavy atom. The molecule has 0 radical (unpaired) electrons. The Morgan fingerprint density at radius 1 is 0.421 bits per heavy atom. The first kappa shape index (κ1) is 32.5.